The Labute approximate surface area is 273 Å². The molecule has 1 aliphatic rings. The Morgan fingerprint density at radius 3 is 1.49 bits per heavy atom. The lowest BCUT2D eigenvalue weighted by molar-refractivity contribution is 1.32. The van der Waals surface area contributed by atoms with Crippen molar-refractivity contribution in [1.82, 2.24) is 9.97 Å². The summed E-state index contributed by atoms with van der Waals surface area (Å²) in [5, 5.41) is 11.8. The molecular weight excluding hydrogens is 587 g/mol. The van der Waals surface area contributed by atoms with E-state index in [0.717, 1.165) is 22.4 Å². The Kier molecular flexibility index (Phi) is 5.88. The van der Waals surface area contributed by atoms with Gasteiger partial charge in [0, 0.05) is 16.5 Å². The third kappa shape index (κ3) is 4.09. The summed E-state index contributed by atoms with van der Waals surface area (Å²) in [5.41, 5.74) is 8.60. The maximum atomic E-state index is 5.07. The van der Waals surface area contributed by atoms with Crippen molar-refractivity contribution in [3.63, 3.8) is 0 Å². The Morgan fingerprint density at radius 2 is 0.851 bits per heavy atom. The predicted octanol–water partition coefficient (Wildman–Crippen LogP) is 10.2. The number of para-hydroxylation sites is 2. The Hall–Kier alpha value is -5.69. The van der Waals surface area contributed by atoms with E-state index in [1.807, 2.05) is 24.3 Å². The van der Waals surface area contributed by atoms with Gasteiger partial charge in [-0.2, -0.15) is 0 Å². The number of rotatable bonds is 4. The van der Waals surface area contributed by atoms with E-state index in [9.17, 15) is 0 Å². The molecule has 218 valence electrons. The molecule has 0 unspecified atom stereocenters. The fraction of sp³-hybridized carbons (Fsp3) is 0. The maximum Gasteiger partial charge on any atom is 0.0979 e. The summed E-state index contributed by atoms with van der Waals surface area (Å²) >= 11 is 0. The zero-order chi connectivity index (χ0) is 30.9. The summed E-state index contributed by atoms with van der Waals surface area (Å²) in [7, 11) is -0.826. The summed E-state index contributed by atoms with van der Waals surface area (Å²) in [5.74, 6) is 0. The maximum absolute atomic E-state index is 5.07. The Morgan fingerprint density at radius 1 is 0.362 bits per heavy atom. The summed E-state index contributed by atoms with van der Waals surface area (Å²) in [6.07, 6.45) is 0. The molecule has 0 amide bonds. The molecular formula is C44H27N2P. The number of hydrogen-bond donors (Lipinski definition) is 0. The van der Waals surface area contributed by atoms with Crippen LogP contribution in [0.5, 0.6) is 0 Å². The van der Waals surface area contributed by atoms with Gasteiger partial charge in [-0.3, -0.25) is 0 Å². The molecule has 1 heterocycles. The zero-order valence-electron chi connectivity index (χ0n) is 25.4. The number of fused-ring (bicyclic) bond motifs is 6. The van der Waals surface area contributed by atoms with Crippen molar-refractivity contribution in [3.8, 4) is 33.6 Å². The van der Waals surface area contributed by atoms with Crippen LogP contribution < -0.4 is 15.9 Å². The normalized spacial score (nSPS) is 12.0. The SMILES string of the molecule is c1ccc2c(P(c3ccc(-c4ccc5c6c(cccc46)-c4nc6ccccc6nc4-5)cc3)c3cccc4ccccc34)cccc2c1. The fourth-order valence-corrected chi connectivity index (χ4v) is 10.1. The molecule has 3 heteroatoms. The van der Waals surface area contributed by atoms with Crippen LogP contribution >= 0.6 is 7.92 Å². The van der Waals surface area contributed by atoms with E-state index in [2.05, 4.69) is 140 Å². The van der Waals surface area contributed by atoms with Gasteiger partial charge in [-0.05, 0) is 74.0 Å². The van der Waals surface area contributed by atoms with Gasteiger partial charge >= 0.3 is 0 Å². The highest BCUT2D eigenvalue weighted by Gasteiger charge is 2.26. The average molecular weight is 615 g/mol. The molecule has 8 aromatic carbocycles. The van der Waals surface area contributed by atoms with Crippen molar-refractivity contribution in [3.05, 3.63) is 164 Å². The number of aromatic nitrogens is 2. The fourth-order valence-electron chi connectivity index (χ4n) is 7.43. The minimum absolute atomic E-state index is 0.826. The van der Waals surface area contributed by atoms with Gasteiger partial charge < -0.3 is 0 Å². The number of benzene rings is 8. The van der Waals surface area contributed by atoms with Crippen molar-refractivity contribution in [2.45, 2.75) is 0 Å². The first kappa shape index (κ1) is 26.5. The molecule has 9 aromatic rings. The Balaban J connectivity index is 1.14. The molecule has 2 nitrogen and oxygen atoms in total. The van der Waals surface area contributed by atoms with Crippen LogP contribution in [0.2, 0.25) is 0 Å². The molecule has 0 fully saturated rings. The second-order valence-corrected chi connectivity index (χ2v) is 14.3. The molecule has 0 atom stereocenters. The molecule has 1 aliphatic carbocycles. The quantitative estimate of drug-likeness (QED) is 0.184. The van der Waals surface area contributed by atoms with Crippen LogP contribution in [-0.4, -0.2) is 9.97 Å². The lowest BCUT2D eigenvalue weighted by Crippen LogP contribution is -2.22. The first-order valence-corrected chi connectivity index (χ1v) is 17.4. The minimum atomic E-state index is -0.826. The van der Waals surface area contributed by atoms with Gasteiger partial charge in [0.15, 0.2) is 0 Å². The predicted molar refractivity (Wildman–Crippen MR) is 201 cm³/mol. The first-order chi connectivity index (χ1) is 23.3. The highest BCUT2D eigenvalue weighted by atomic mass is 31.1. The third-order valence-corrected chi connectivity index (χ3v) is 12.1. The topological polar surface area (TPSA) is 25.8 Å². The second-order valence-electron chi connectivity index (χ2n) is 12.2. The van der Waals surface area contributed by atoms with Crippen molar-refractivity contribution >= 4 is 67.2 Å². The van der Waals surface area contributed by atoms with Crippen LogP contribution in [0, 0.1) is 0 Å². The van der Waals surface area contributed by atoms with E-state index in [1.165, 1.54) is 70.5 Å². The van der Waals surface area contributed by atoms with Crippen molar-refractivity contribution < 1.29 is 0 Å². The van der Waals surface area contributed by atoms with Crippen LogP contribution in [0.4, 0.5) is 0 Å². The minimum Gasteiger partial charge on any atom is -0.244 e. The summed E-state index contributed by atoms with van der Waals surface area (Å²) < 4.78 is 0. The summed E-state index contributed by atoms with van der Waals surface area (Å²) in [6, 6.07) is 59.7. The largest absolute Gasteiger partial charge is 0.244 e. The first-order valence-electron chi connectivity index (χ1n) is 16.0. The van der Waals surface area contributed by atoms with Crippen LogP contribution in [0.25, 0.3) is 77.0 Å². The van der Waals surface area contributed by atoms with E-state index in [1.54, 1.807) is 0 Å². The van der Waals surface area contributed by atoms with Gasteiger partial charge in [-0.25, -0.2) is 9.97 Å². The van der Waals surface area contributed by atoms with Crippen molar-refractivity contribution in [2.75, 3.05) is 0 Å². The van der Waals surface area contributed by atoms with E-state index in [-0.39, 0.29) is 0 Å². The van der Waals surface area contributed by atoms with E-state index in [4.69, 9.17) is 9.97 Å². The van der Waals surface area contributed by atoms with E-state index in [0.29, 0.717) is 0 Å². The van der Waals surface area contributed by atoms with Gasteiger partial charge in [0.05, 0.1) is 22.4 Å². The third-order valence-electron chi connectivity index (χ3n) is 9.57. The molecule has 0 spiro atoms. The standard InChI is InChI=1S/C44H27N2P/c1-3-14-33-28(10-1)12-7-20-40(33)47(41-21-8-13-29-11-2-4-15-34(29)41)31-24-22-30(23-25-31)32-26-27-37-42-35(32)16-9-17-36(42)43-44(37)46-39-19-6-5-18-38(39)45-43/h1-27H. The van der Waals surface area contributed by atoms with Gasteiger partial charge in [-0.1, -0.05) is 152 Å². The second kappa shape index (κ2) is 10.4. The number of nitrogens with zero attached hydrogens (tertiary/aromatic N) is 2. The molecule has 0 radical (unpaired) electrons. The van der Waals surface area contributed by atoms with Crippen molar-refractivity contribution in [2.24, 2.45) is 0 Å². The van der Waals surface area contributed by atoms with E-state index < -0.39 is 7.92 Å². The summed E-state index contributed by atoms with van der Waals surface area (Å²) in [6.45, 7) is 0. The molecule has 0 bridgehead atoms. The van der Waals surface area contributed by atoms with Gasteiger partial charge in [-0.15, -0.1) is 0 Å². The molecule has 0 saturated carbocycles. The molecule has 0 N–H and O–H groups in total. The van der Waals surface area contributed by atoms with Gasteiger partial charge in [0.25, 0.3) is 0 Å². The lowest BCUT2D eigenvalue weighted by atomic mass is 9.95. The van der Waals surface area contributed by atoms with Gasteiger partial charge in [0.2, 0.25) is 0 Å². The molecule has 0 aliphatic heterocycles. The van der Waals surface area contributed by atoms with E-state index >= 15 is 0 Å². The zero-order valence-corrected chi connectivity index (χ0v) is 26.3. The van der Waals surface area contributed by atoms with Crippen LogP contribution in [0.3, 0.4) is 0 Å². The molecule has 1 aromatic heterocycles. The smallest absolute Gasteiger partial charge is 0.0979 e. The highest BCUT2D eigenvalue weighted by Crippen LogP contribution is 2.48. The molecule has 0 saturated heterocycles. The van der Waals surface area contributed by atoms with Gasteiger partial charge in [0.1, 0.15) is 0 Å². The average Bonchev–Trinajstić information content (AvgIpc) is 3.45. The molecule has 47 heavy (non-hydrogen) atoms. The summed E-state index contributed by atoms with van der Waals surface area (Å²) in [4.78, 5) is 10.1. The number of hydrogen-bond acceptors (Lipinski definition) is 2. The molecule has 10 rings (SSSR count). The van der Waals surface area contributed by atoms with Crippen molar-refractivity contribution in [1.29, 1.82) is 0 Å². The van der Waals surface area contributed by atoms with Crippen LogP contribution in [0.15, 0.2) is 164 Å². The Bertz CT molecular complexity index is 2560. The highest BCUT2D eigenvalue weighted by molar-refractivity contribution is 7.80. The van der Waals surface area contributed by atoms with Crippen LogP contribution in [-0.2, 0) is 0 Å². The monoisotopic (exact) mass is 614 g/mol. The lowest BCUT2D eigenvalue weighted by Gasteiger charge is -2.23. The van der Waals surface area contributed by atoms with Crippen LogP contribution in [0.1, 0.15) is 0 Å².